The van der Waals surface area contributed by atoms with Crippen LogP contribution in [-0.2, 0) is 15.0 Å². The average Bonchev–Trinajstić information content (AvgIpc) is 2.08. The van der Waals surface area contributed by atoms with E-state index >= 15 is 0 Å². The topological polar surface area (TPSA) is 84.7 Å². The van der Waals surface area contributed by atoms with E-state index in [0.29, 0.717) is 4.41 Å². The first kappa shape index (κ1) is 6.33. The third-order valence-electron chi connectivity index (χ3n) is 0.681. The second-order valence-electron chi connectivity index (χ2n) is 1.34. The summed E-state index contributed by atoms with van der Waals surface area (Å²) in [6.07, 6.45) is 2.31. The summed E-state index contributed by atoms with van der Waals surface area (Å²) in [4.78, 5) is 4.32. The van der Waals surface area contributed by atoms with Crippen LogP contribution in [0.3, 0.4) is 0 Å². The molecule has 1 heterocycles. The van der Waals surface area contributed by atoms with Gasteiger partial charge in [-0.1, -0.05) is 5.59 Å². The molecule has 0 fully saturated rings. The maximum Gasteiger partial charge on any atom is 0.314 e. The van der Waals surface area contributed by atoms with Crippen molar-refractivity contribution in [1.82, 2.24) is 10.0 Å². The standard InChI is InChI=1S/C2H5N3O3S/c3-9(6,7)5-1-2-8-4-5/h1-2,4H,(H2,3,6,7). The third kappa shape index (κ3) is 1.31. The highest BCUT2D eigenvalue weighted by molar-refractivity contribution is 7.86. The normalized spacial score (nSPS) is 18.1. The first-order valence-corrected chi connectivity index (χ1v) is 3.51. The van der Waals surface area contributed by atoms with Gasteiger partial charge in [0.25, 0.3) is 0 Å². The lowest BCUT2D eigenvalue weighted by Crippen LogP contribution is -2.38. The van der Waals surface area contributed by atoms with Crippen molar-refractivity contribution in [3.63, 3.8) is 0 Å². The van der Waals surface area contributed by atoms with Crippen LogP contribution >= 0.6 is 0 Å². The van der Waals surface area contributed by atoms with Crippen molar-refractivity contribution in [2.75, 3.05) is 0 Å². The molecule has 0 saturated heterocycles. The van der Waals surface area contributed by atoms with Gasteiger partial charge in [0.15, 0.2) is 0 Å². The molecule has 1 aliphatic rings. The molecule has 0 aromatic carbocycles. The number of hydrogen-bond acceptors (Lipinski definition) is 4. The van der Waals surface area contributed by atoms with Gasteiger partial charge in [0.2, 0.25) is 0 Å². The van der Waals surface area contributed by atoms with Gasteiger partial charge in [0.1, 0.15) is 6.26 Å². The first-order chi connectivity index (χ1) is 4.11. The maximum atomic E-state index is 10.3. The zero-order chi connectivity index (χ0) is 6.91. The Labute approximate surface area is 52.0 Å². The summed E-state index contributed by atoms with van der Waals surface area (Å²) in [6, 6.07) is 0. The number of hydrogen-bond donors (Lipinski definition) is 2. The highest BCUT2D eigenvalue weighted by Gasteiger charge is 2.15. The highest BCUT2D eigenvalue weighted by Crippen LogP contribution is 1.96. The maximum absolute atomic E-state index is 10.3. The monoisotopic (exact) mass is 151 g/mol. The Morgan fingerprint density at radius 3 is 2.56 bits per heavy atom. The van der Waals surface area contributed by atoms with Gasteiger partial charge >= 0.3 is 10.2 Å². The summed E-state index contributed by atoms with van der Waals surface area (Å²) >= 11 is 0. The molecule has 0 aromatic heterocycles. The summed E-state index contributed by atoms with van der Waals surface area (Å²) < 4.78 is 21.3. The van der Waals surface area contributed by atoms with E-state index in [2.05, 4.69) is 9.98 Å². The van der Waals surface area contributed by atoms with Crippen LogP contribution in [0.4, 0.5) is 0 Å². The van der Waals surface area contributed by atoms with Crippen molar-refractivity contribution in [1.29, 1.82) is 0 Å². The second-order valence-corrected chi connectivity index (χ2v) is 2.76. The number of rotatable bonds is 1. The largest absolute Gasteiger partial charge is 0.394 e. The average molecular weight is 151 g/mol. The molecule has 0 radical (unpaired) electrons. The van der Waals surface area contributed by atoms with Crippen LogP contribution < -0.4 is 10.7 Å². The predicted octanol–water partition coefficient (Wildman–Crippen LogP) is -1.59. The van der Waals surface area contributed by atoms with Crippen molar-refractivity contribution in [2.45, 2.75) is 0 Å². The van der Waals surface area contributed by atoms with E-state index in [1.165, 1.54) is 0 Å². The summed E-state index contributed by atoms with van der Waals surface area (Å²) in [6.45, 7) is 0. The number of nitrogens with zero attached hydrogens (tertiary/aromatic N) is 1. The van der Waals surface area contributed by atoms with Gasteiger partial charge in [-0.3, -0.25) is 0 Å². The Bertz CT molecular complexity index is 219. The first-order valence-electron chi connectivity index (χ1n) is 2.01. The predicted molar refractivity (Wildman–Crippen MR) is 28.3 cm³/mol. The summed E-state index contributed by atoms with van der Waals surface area (Å²) in [5.41, 5.74) is 2.01. The van der Waals surface area contributed by atoms with Crippen molar-refractivity contribution in [3.8, 4) is 0 Å². The molecule has 0 unspecified atom stereocenters. The Balaban J connectivity index is 2.76. The molecule has 7 heteroatoms. The van der Waals surface area contributed by atoms with Gasteiger partial charge < -0.3 is 4.84 Å². The molecular weight excluding hydrogens is 146 g/mol. The lowest BCUT2D eigenvalue weighted by Gasteiger charge is -2.08. The molecule has 6 nitrogen and oxygen atoms in total. The van der Waals surface area contributed by atoms with E-state index in [4.69, 9.17) is 0 Å². The Hall–Kier alpha value is -0.790. The van der Waals surface area contributed by atoms with Gasteiger partial charge in [-0.25, -0.2) is 5.14 Å². The molecule has 3 N–H and O–H groups in total. The van der Waals surface area contributed by atoms with Crippen molar-refractivity contribution >= 4 is 10.2 Å². The number of nitrogens with two attached hydrogens (primary N) is 1. The molecule has 9 heavy (non-hydrogen) atoms. The van der Waals surface area contributed by atoms with E-state index < -0.39 is 10.2 Å². The summed E-state index contributed by atoms with van der Waals surface area (Å²) in [7, 11) is -3.69. The molecule has 0 bridgehead atoms. The molecule has 52 valence electrons. The third-order valence-corrected chi connectivity index (χ3v) is 1.43. The minimum absolute atomic E-state index is 0.646. The van der Waals surface area contributed by atoms with Crippen molar-refractivity contribution < 1.29 is 13.3 Å². The van der Waals surface area contributed by atoms with Crippen LogP contribution in [-0.4, -0.2) is 12.8 Å². The number of hydrazine groups is 1. The smallest absolute Gasteiger partial charge is 0.314 e. The Morgan fingerprint density at radius 1 is 1.67 bits per heavy atom. The Kier molecular flexibility index (Phi) is 1.31. The van der Waals surface area contributed by atoms with Crippen LogP contribution in [0.2, 0.25) is 0 Å². The minimum atomic E-state index is -3.69. The van der Waals surface area contributed by atoms with Gasteiger partial charge in [-0.05, 0) is 0 Å². The summed E-state index contributed by atoms with van der Waals surface area (Å²) in [5, 5.41) is 4.65. The fourth-order valence-corrected chi connectivity index (χ4v) is 0.702. The van der Waals surface area contributed by atoms with E-state index in [1.54, 1.807) is 0 Å². The molecule has 1 aliphatic heterocycles. The van der Waals surface area contributed by atoms with Gasteiger partial charge in [-0.15, -0.1) is 0 Å². The summed E-state index contributed by atoms with van der Waals surface area (Å²) in [5.74, 6) is 0. The molecule has 1 rings (SSSR count). The van der Waals surface area contributed by atoms with Crippen molar-refractivity contribution in [3.05, 3.63) is 12.5 Å². The minimum Gasteiger partial charge on any atom is -0.394 e. The van der Waals surface area contributed by atoms with Crippen LogP contribution in [0.1, 0.15) is 0 Å². The lowest BCUT2D eigenvalue weighted by atomic mass is 11.0. The quantitative estimate of drug-likeness (QED) is 0.473. The van der Waals surface area contributed by atoms with Crippen LogP contribution in [0.5, 0.6) is 0 Å². The molecule has 0 aliphatic carbocycles. The van der Waals surface area contributed by atoms with Gasteiger partial charge in [0.05, 0.1) is 6.20 Å². The van der Waals surface area contributed by atoms with E-state index in [0.717, 1.165) is 12.5 Å². The van der Waals surface area contributed by atoms with Crippen LogP contribution in [0, 0.1) is 0 Å². The van der Waals surface area contributed by atoms with E-state index in [-0.39, 0.29) is 0 Å². The van der Waals surface area contributed by atoms with E-state index in [9.17, 15) is 8.42 Å². The highest BCUT2D eigenvalue weighted by atomic mass is 32.2. The zero-order valence-corrected chi connectivity index (χ0v) is 5.13. The molecule has 0 atom stereocenters. The van der Waals surface area contributed by atoms with Crippen LogP contribution in [0.25, 0.3) is 0 Å². The van der Waals surface area contributed by atoms with Crippen molar-refractivity contribution in [2.24, 2.45) is 5.14 Å². The molecule has 0 amide bonds. The molecule has 0 saturated carbocycles. The Morgan fingerprint density at radius 2 is 2.33 bits per heavy atom. The molecular formula is C2H5N3O3S. The fraction of sp³-hybridized carbons (Fsp3) is 0. The van der Waals surface area contributed by atoms with E-state index in [1.807, 2.05) is 5.59 Å². The van der Waals surface area contributed by atoms with Gasteiger partial charge in [-0.2, -0.15) is 12.8 Å². The SMILES string of the molecule is NS(=O)(=O)N1C=CON1. The van der Waals surface area contributed by atoms with Crippen LogP contribution in [0.15, 0.2) is 12.5 Å². The fourth-order valence-electron chi connectivity index (χ4n) is 0.335. The molecule has 0 spiro atoms. The zero-order valence-electron chi connectivity index (χ0n) is 4.31. The van der Waals surface area contributed by atoms with Gasteiger partial charge in [0, 0.05) is 0 Å². The number of nitrogens with one attached hydrogen (secondary N) is 1. The second kappa shape index (κ2) is 1.87. The molecule has 0 aromatic rings. The lowest BCUT2D eigenvalue weighted by molar-refractivity contribution is 0.0835.